The van der Waals surface area contributed by atoms with Gasteiger partial charge in [0, 0.05) is 12.0 Å². The predicted molar refractivity (Wildman–Crippen MR) is 69.5 cm³/mol. The molecule has 0 N–H and O–H groups in total. The number of hydrogen-bond donors (Lipinski definition) is 0. The van der Waals surface area contributed by atoms with Crippen molar-refractivity contribution in [2.75, 3.05) is 0 Å². The summed E-state index contributed by atoms with van der Waals surface area (Å²) in [7, 11) is 0. The molecule has 0 aliphatic heterocycles. The minimum absolute atomic E-state index is 0.356. The Morgan fingerprint density at radius 2 is 1.94 bits per heavy atom. The average molecular weight is 228 g/mol. The normalized spacial score (nSPS) is 21.8. The summed E-state index contributed by atoms with van der Waals surface area (Å²) in [6.45, 7) is 2.19. The molecule has 0 saturated heterocycles. The van der Waals surface area contributed by atoms with Crippen molar-refractivity contribution in [1.82, 2.24) is 0 Å². The molecule has 2 aliphatic carbocycles. The fourth-order valence-corrected chi connectivity index (χ4v) is 3.69. The molecule has 0 atom stereocenters. The lowest BCUT2D eigenvalue weighted by Gasteiger charge is -2.35. The zero-order valence-corrected chi connectivity index (χ0v) is 10.6. The summed E-state index contributed by atoms with van der Waals surface area (Å²) in [5.41, 5.74) is 4.14. The van der Waals surface area contributed by atoms with Gasteiger partial charge in [0.25, 0.3) is 0 Å². The molecule has 1 aromatic rings. The first-order valence-electron chi connectivity index (χ1n) is 6.92. The quantitative estimate of drug-likeness (QED) is 0.709. The monoisotopic (exact) mass is 228 g/mol. The van der Waals surface area contributed by atoms with Crippen LogP contribution < -0.4 is 0 Å². The van der Waals surface area contributed by atoms with Crippen molar-refractivity contribution in [3.05, 3.63) is 34.9 Å². The van der Waals surface area contributed by atoms with Crippen LogP contribution in [0.2, 0.25) is 0 Å². The van der Waals surface area contributed by atoms with Gasteiger partial charge in [-0.2, -0.15) is 0 Å². The molecule has 90 valence electrons. The van der Waals surface area contributed by atoms with Gasteiger partial charge in [0.1, 0.15) is 0 Å². The van der Waals surface area contributed by atoms with Crippen molar-refractivity contribution in [3.63, 3.8) is 0 Å². The van der Waals surface area contributed by atoms with Crippen LogP contribution in [0.5, 0.6) is 0 Å². The highest BCUT2D eigenvalue weighted by Gasteiger charge is 2.41. The Labute approximate surface area is 103 Å². The number of fused-ring (bicyclic) bond motifs is 2. The molecule has 0 radical (unpaired) electrons. The van der Waals surface area contributed by atoms with E-state index in [1.807, 2.05) is 0 Å². The Morgan fingerprint density at radius 3 is 2.65 bits per heavy atom. The zero-order valence-electron chi connectivity index (χ0n) is 10.6. The third kappa shape index (κ3) is 1.64. The zero-order chi connectivity index (χ0) is 11.9. The lowest BCUT2D eigenvalue weighted by atomic mass is 9.68. The Bertz CT molecular complexity index is 453. The van der Waals surface area contributed by atoms with Crippen LogP contribution >= 0.6 is 0 Å². The number of Topliss-reactive ketones (excluding diaryl/α,β-unsaturated/α-hetero) is 1. The third-order valence-corrected chi connectivity index (χ3v) is 4.76. The number of carbonyl (C=O) groups excluding carboxylic acids is 1. The van der Waals surface area contributed by atoms with Crippen LogP contribution in [0, 0.1) is 0 Å². The summed E-state index contributed by atoms with van der Waals surface area (Å²) in [6, 6.07) is 6.53. The molecule has 0 unspecified atom stereocenters. The molecule has 1 nitrogen and oxygen atoms in total. The maximum Gasteiger partial charge on any atom is 0.163 e. The van der Waals surface area contributed by atoms with Crippen molar-refractivity contribution in [2.45, 2.75) is 57.3 Å². The molecule has 1 aromatic carbocycles. The Kier molecular flexibility index (Phi) is 2.57. The van der Waals surface area contributed by atoms with E-state index in [4.69, 9.17) is 0 Å². The fourth-order valence-electron chi connectivity index (χ4n) is 3.69. The summed E-state index contributed by atoms with van der Waals surface area (Å²) in [5.74, 6) is 0.361. The van der Waals surface area contributed by atoms with Gasteiger partial charge < -0.3 is 0 Å². The van der Waals surface area contributed by atoms with E-state index in [1.165, 1.54) is 36.8 Å². The SMILES string of the molecule is CCc1ccc2c(c1)C1(CCCC1)CCC2=O. The van der Waals surface area contributed by atoms with Crippen molar-refractivity contribution in [3.8, 4) is 0 Å². The Morgan fingerprint density at radius 1 is 1.18 bits per heavy atom. The molecule has 2 aliphatic rings. The Balaban J connectivity index is 2.14. The van der Waals surface area contributed by atoms with Gasteiger partial charge in [-0.05, 0) is 42.2 Å². The summed E-state index contributed by atoms with van der Waals surface area (Å²) in [4.78, 5) is 12.0. The van der Waals surface area contributed by atoms with Crippen molar-refractivity contribution in [1.29, 1.82) is 0 Å². The van der Waals surface area contributed by atoms with Crippen LogP contribution in [-0.2, 0) is 11.8 Å². The average Bonchev–Trinajstić information content (AvgIpc) is 2.84. The molecule has 0 heterocycles. The second kappa shape index (κ2) is 3.97. The van der Waals surface area contributed by atoms with E-state index in [0.717, 1.165) is 24.8 Å². The molecule has 1 saturated carbocycles. The molecule has 0 bridgehead atoms. The number of aryl methyl sites for hydroxylation is 1. The van der Waals surface area contributed by atoms with Gasteiger partial charge >= 0.3 is 0 Å². The molecule has 1 heteroatoms. The van der Waals surface area contributed by atoms with Crippen molar-refractivity contribution in [2.24, 2.45) is 0 Å². The standard InChI is InChI=1S/C16H20O/c1-2-12-5-6-13-14(11-12)16(8-3-4-9-16)10-7-15(13)17/h5-6,11H,2-4,7-10H2,1H3. The third-order valence-electron chi connectivity index (χ3n) is 4.76. The van der Waals surface area contributed by atoms with Gasteiger partial charge in [-0.15, -0.1) is 0 Å². The van der Waals surface area contributed by atoms with E-state index in [-0.39, 0.29) is 0 Å². The van der Waals surface area contributed by atoms with Crippen LogP contribution in [0.4, 0.5) is 0 Å². The fraction of sp³-hybridized carbons (Fsp3) is 0.562. The molecule has 3 rings (SSSR count). The van der Waals surface area contributed by atoms with Crippen LogP contribution in [-0.4, -0.2) is 5.78 Å². The number of benzene rings is 1. The lowest BCUT2D eigenvalue weighted by molar-refractivity contribution is 0.0951. The first kappa shape index (κ1) is 11.0. The largest absolute Gasteiger partial charge is 0.294 e. The van der Waals surface area contributed by atoms with E-state index < -0.39 is 0 Å². The molecular formula is C16H20O. The van der Waals surface area contributed by atoms with Crippen LogP contribution in [0.15, 0.2) is 18.2 Å². The predicted octanol–water partition coefficient (Wildman–Crippen LogP) is 4.04. The Hall–Kier alpha value is -1.11. The van der Waals surface area contributed by atoms with Gasteiger partial charge in [0.2, 0.25) is 0 Å². The van der Waals surface area contributed by atoms with Crippen LogP contribution in [0.1, 0.15) is 66.9 Å². The smallest absolute Gasteiger partial charge is 0.163 e. The van der Waals surface area contributed by atoms with E-state index >= 15 is 0 Å². The van der Waals surface area contributed by atoms with Gasteiger partial charge in [-0.25, -0.2) is 0 Å². The lowest BCUT2D eigenvalue weighted by Crippen LogP contribution is -2.30. The molecule has 1 fully saturated rings. The molecule has 17 heavy (non-hydrogen) atoms. The molecule has 0 amide bonds. The van der Waals surface area contributed by atoms with Gasteiger partial charge in [0.15, 0.2) is 5.78 Å². The topological polar surface area (TPSA) is 17.1 Å². The summed E-state index contributed by atoms with van der Waals surface area (Å²) in [5, 5.41) is 0. The minimum Gasteiger partial charge on any atom is -0.294 e. The van der Waals surface area contributed by atoms with E-state index in [0.29, 0.717) is 11.2 Å². The highest BCUT2D eigenvalue weighted by molar-refractivity contribution is 5.99. The maximum atomic E-state index is 12.0. The van der Waals surface area contributed by atoms with Crippen LogP contribution in [0.3, 0.4) is 0 Å². The number of hydrogen-bond acceptors (Lipinski definition) is 1. The summed E-state index contributed by atoms with van der Waals surface area (Å²) < 4.78 is 0. The first-order valence-corrected chi connectivity index (χ1v) is 6.92. The van der Waals surface area contributed by atoms with E-state index in [2.05, 4.69) is 25.1 Å². The maximum absolute atomic E-state index is 12.0. The highest BCUT2D eigenvalue weighted by atomic mass is 16.1. The van der Waals surface area contributed by atoms with Gasteiger partial charge in [-0.3, -0.25) is 4.79 Å². The second-order valence-electron chi connectivity index (χ2n) is 5.64. The van der Waals surface area contributed by atoms with E-state index in [1.54, 1.807) is 0 Å². The van der Waals surface area contributed by atoms with E-state index in [9.17, 15) is 4.79 Å². The minimum atomic E-state index is 0.356. The number of carbonyl (C=O) groups is 1. The number of rotatable bonds is 1. The van der Waals surface area contributed by atoms with Crippen molar-refractivity contribution < 1.29 is 4.79 Å². The van der Waals surface area contributed by atoms with Crippen molar-refractivity contribution >= 4 is 5.78 Å². The molecule has 0 aromatic heterocycles. The van der Waals surface area contributed by atoms with Gasteiger partial charge in [-0.1, -0.05) is 38.0 Å². The highest BCUT2D eigenvalue weighted by Crippen LogP contribution is 2.48. The van der Waals surface area contributed by atoms with Gasteiger partial charge in [0.05, 0.1) is 0 Å². The van der Waals surface area contributed by atoms with Crippen LogP contribution in [0.25, 0.3) is 0 Å². The first-order chi connectivity index (χ1) is 8.25. The summed E-state index contributed by atoms with van der Waals surface area (Å²) >= 11 is 0. The summed E-state index contributed by atoms with van der Waals surface area (Å²) in [6.07, 6.45) is 8.18. The molecular weight excluding hydrogens is 208 g/mol. The second-order valence-corrected chi connectivity index (χ2v) is 5.64. The molecule has 1 spiro atoms. The number of ketones is 1.